The lowest BCUT2D eigenvalue weighted by atomic mass is 10.0. The smallest absolute Gasteiger partial charge is 0.227 e. The van der Waals surface area contributed by atoms with Gasteiger partial charge in [-0.3, -0.25) is 4.79 Å². The lowest BCUT2D eigenvalue weighted by Gasteiger charge is -2.21. The number of aliphatic hydroxyl groups excluding tert-OH is 1. The molecule has 6 nitrogen and oxygen atoms in total. The number of rotatable bonds is 7. The maximum atomic E-state index is 11.7. The van der Waals surface area contributed by atoms with Crippen LogP contribution >= 0.6 is 0 Å². The standard InChI is InChI=1S/C12H21N3O3/c1-8(2)10(6-7-16)14-11(17)4-5-12-13-9(3)15-18-12/h8,10,16H,4-7H2,1-3H3,(H,14,17). The van der Waals surface area contributed by atoms with E-state index in [-0.39, 0.29) is 18.6 Å². The maximum Gasteiger partial charge on any atom is 0.227 e. The predicted molar refractivity (Wildman–Crippen MR) is 65.8 cm³/mol. The van der Waals surface area contributed by atoms with Gasteiger partial charge in [-0.1, -0.05) is 19.0 Å². The summed E-state index contributed by atoms with van der Waals surface area (Å²) in [6.07, 6.45) is 1.33. The van der Waals surface area contributed by atoms with Gasteiger partial charge in [0.2, 0.25) is 11.8 Å². The average Bonchev–Trinajstić information content (AvgIpc) is 2.72. The zero-order chi connectivity index (χ0) is 13.5. The van der Waals surface area contributed by atoms with Crippen LogP contribution in [0.4, 0.5) is 0 Å². The van der Waals surface area contributed by atoms with Crippen LogP contribution in [0.5, 0.6) is 0 Å². The highest BCUT2D eigenvalue weighted by molar-refractivity contribution is 5.76. The molecule has 2 N–H and O–H groups in total. The molecule has 0 bridgehead atoms. The van der Waals surface area contributed by atoms with Crippen LogP contribution in [-0.2, 0) is 11.2 Å². The van der Waals surface area contributed by atoms with Crippen molar-refractivity contribution in [1.29, 1.82) is 0 Å². The van der Waals surface area contributed by atoms with Crippen LogP contribution in [0, 0.1) is 12.8 Å². The van der Waals surface area contributed by atoms with Crippen LogP contribution < -0.4 is 5.32 Å². The Morgan fingerprint density at radius 1 is 1.50 bits per heavy atom. The second-order valence-electron chi connectivity index (χ2n) is 4.67. The van der Waals surface area contributed by atoms with Crippen LogP contribution in [0.3, 0.4) is 0 Å². The van der Waals surface area contributed by atoms with Gasteiger partial charge in [-0.2, -0.15) is 4.98 Å². The minimum atomic E-state index is -0.0574. The highest BCUT2D eigenvalue weighted by Gasteiger charge is 2.16. The van der Waals surface area contributed by atoms with Gasteiger partial charge in [0.15, 0.2) is 5.82 Å². The molecule has 0 spiro atoms. The number of aryl methyl sites for hydroxylation is 2. The van der Waals surface area contributed by atoms with E-state index in [2.05, 4.69) is 15.5 Å². The van der Waals surface area contributed by atoms with Crippen molar-refractivity contribution < 1.29 is 14.4 Å². The quantitative estimate of drug-likeness (QED) is 0.753. The number of aromatic nitrogens is 2. The van der Waals surface area contributed by atoms with Gasteiger partial charge >= 0.3 is 0 Å². The van der Waals surface area contributed by atoms with Gasteiger partial charge in [-0.15, -0.1) is 0 Å². The molecular formula is C12H21N3O3. The molecule has 1 atom stereocenters. The van der Waals surface area contributed by atoms with Gasteiger partial charge in [-0.25, -0.2) is 0 Å². The molecule has 0 aromatic carbocycles. The molecule has 1 amide bonds. The van der Waals surface area contributed by atoms with Crippen molar-refractivity contribution in [3.8, 4) is 0 Å². The van der Waals surface area contributed by atoms with Crippen molar-refractivity contribution in [2.75, 3.05) is 6.61 Å². The third-order valence-electron chi connectivity index (χ3n) is 2.73. The normalized spacial score (nSPS) is 12.7. The maximum absolute atomic E-state index is 11.7. The van der Waals surface area contributed by atoms with E-state index in [0.717, 1.165) is 0 Å². The van der Waals surface area contributed by atoms with Gasteiger partial charge in [0, 0.05) is 25.5 Å². The molecule has 0 aliphatic rings. The van der Waals surface area contributed by atoms with Gasteiger partial charge in [0.1, 0.15) is 0 Å². The lowest BCUT2D eigenvalue weighted by Crippen LogP contribution is -2.39. The first-order chi connectivity index (χ1) is 8.52. The van der Waals surface area contributed by atoms with Gasteiger partial charge < -0.3 is 14.9 Å². The van der Waals surface area contributed by atoms with Crippen LogP contribution in [0.25, 0.3) is 0 Å². The molecule has 102 valence electrons. The number of amides is 1. The molecule has 0 saturated heterocycles. The highest BCUT2D eigenvalue weighted by atomic mass is 16.5. The molecule has 1 unspecified atom stereocenters. The lowest BCUT2D eigenvalue weighted by molar-refractivity contribution is -0.122. The Morgan fingerprint density at radius 3 is 2.72 bits per heavy atom. The molecule has 18 heavy (non-hydrogen) atoms. The van der Waals surface area contributed by atoms with E-state index in [1.165, 1.54) is 0 Å². The Labute approximate surface area is 107 Å². The van der Waals surface area contributed by atoms with Crippen LogP contribution in [0.1, 0.15) is 38.4 Å². The zero-order valence-corrected chi connectivity index (χ0v) is 11.1. The Morgan fingerprint density at radius 2 is 2.22 bits per heavy atom. The summed E-state index contributed by atoms with van der Waals surface area (Å²) >= 11 is 0. The third-order valence-corrected chi connectivity index (χ3v) is 2.73. The Hall–Kier alpha value is -1.43. The molecule has 0 aliphatic heterocycles. The summed E-state index contributed by atoms with van der Waals surface area (Å²) in [7, 11) is 0. The monoisotopic (exact) mass is 255 g/mol. The minimum absolute atomic E-state index is 0.00641. The number of hydrogen-bond acceptors (Lipinski definition) is 5. The number of carbonyl (C=O) groups is 1. The molecule has 6 heteroatoms. The Bertz CT molecular complexity index is 376. The van der Waals surface area contributed by atoms with E-state index in [1.807, 2.05) is 13.8 Å². The topological polar surface area (TPSA) is 88.2 Å². The zero-order valence-electron chi connectivity index (χ0n) is 11.1. The largest absolute Gasteiger partial charge is 0.396 e. The van der Waals surface area contributed by atoms with Crippen molar-refractivity contribution in [3.05, 3.63) is 11.7 Å². The number of aliphatic hydroxyl groups is 1. The van der Waals surface area contributed by atoms with Crippen molar-refractivity contribution in [1.82, 2.24) is 15.5 Å². The van der Waals surface area contributed by atoms with E-state index in [9.17, 15) is 4.79 Å². The summed E-state index contributed by atoms with van der Waals surface area (Å²) < 4.78 is 4.93. The summed E-state index contributed by atoms with van der Waals surface area (Å²) in [6.45, 7) is 5.85. The second-order valence-corrected chi connectivity index (χ2v) is 4.67. The van der Waals surface area contributed by atoms with Crippen LogP contribution in [0.2, 0.25) is 0 Å². The fourth-order valence-corrected chi connectivity index (χ4v) is 1.65. The number of hydrogen-bond donors (Lipinski definition) is 2. The summed E-state index contributed by atoms with van der Waals surface area (Å²) in [5, 5.41) is 15.5. The fourth-order valence-electron chi connectivity index (χ4n) is 1.65. The van der Waals surface area contributed by atoms with Crippen molar-refractivity contribution in [2.45, 2.75) is 46.1 Å². The van der Waals surface area contributed by atoms with Gasteiger partial charge in [0.05, 0.1) is 0 Å². The first kappa shape index (κ1) is 14.6. The summed E-state index contributed by atoms with van der Waals surface area (Å²) in [6, 6.07) is 0.00641. The van der Waals surface area contributed by atoms with Crippen molar-refractivity contribution in [3.63, 3.8) is 0 Å². The van der Waals surface area contributed by atoms with Crippen LogP contribution in [-0.4, -0.2) is 33.8 Å². The minimum Gasteiger partial charge on any atom is -0.396 e. The SMILES string of the molecule is Cc1noc(CCC(=O)NC(CCO)C(C)C)n1. The van der Waals surface area contributed by atoms with E-state index in [4.69, 9.17) is 9.63 Å². The molecule has 1 aromatic heterocycles. The van der Waals surface area contributed by atoms with Crippen LogP contribution in [0.15, 0.2) is 4.52 Å². The van der Waals surface area contributed by atoms with Crippen molar-refractivity contribution >= 4 is 5.91 Å². The molecule has 1 rings (SSSR count). The van der Waals surface area contributed by atoms with E-state index in [1.54, 1.807) is 6.92 Å². The average molecular weight is 255 g/mol. The summed E-state index contributed by atoms with van der Waals surface area (Å²) in [5.41, 5.74) is 0. The molecule has 0 saturated carbocycles. The molecule has 1 aromatic rings. The highest BCUT2D eigenvalue weighted by Crippen LogP contribution is 2.07. The summed E-state index contributed by atoms with van der Waals surface area (Å²) in [5.74, 6) is 1.29. The first-order valence-electron chi connectivity index (χ1n) is 6.22. The van der Waals surface area contributed by atoms with E-state index >= 15 is 0 Å². The Kier molecular flexibility index (Phi) is 5.77. The predicted octanol–water partition coefficient (Wildman–Crippen LogP) is 0.834. The molecule has 0 radical (unpaired) electrons. The number of nitrogens with zero attached hydrogens (tertiary/aromatic N) is 2. The Balaban J connectivity index is 2.36. The van der Waals surface area contributed by atoms with E-state index < -0.39 is 0 Å². The molecule has 0 fully saturated rings. The van der Waals surface area contributed by atoms with E-state index in [0.29, 0.717) is 36.9 Å². The first-order valence-corrected chi connectivity index (χ1v) is 6.22. The van der Waals surface area contributed by atoms with Gasteiger partial charge in [-0.05, 0) is 19.3 Å². The molecule has 0 aliphatic carbocycles. The van der Waals surface area contributed by atoms with Crippen molar-refractivity contribution in [2.24, 2.45) is 5.92 Å². The second kappa shape index (κ2) is 7.10. The number of nitrogens with one attached hydrogen (secondary N) is 1. The fraction of sp³-hybridized carbons (Fsp3) is 0.750. The van der Waals surface area contributed by atoms with Gasteiger partial charge in [0.25, 0.3) is 0 Å². The molecular weight excluding hydrogens is 234 g/mol. The molecule has 1 heterocycles. The third kappa shape index (κ3) is 4.83. The summed E-state index contributed by atoms with van der Waals surface area (Å²) in [4.78, 5) is 15.8. The number of carbonyl (C=O) groups excluding carboxylic acids is 1.